The first-order chi connectivity index (χ1) is 9.33. The number of rotatable bonds is 4. The highest BCUT2D eigenvalue weighted by atomic mass is 16.5. The van der Waals surface area contributed by atoms with Gasteiger partial charge in [-0.2, -0.15) is 5.26 Å². The van der Waals surface area contributed by atoms with Crippen LogP contribution in [0.2, 0.25) is 0 Å². The molecule has 5 nitrogen and oxygen atoms in total. The van der Waals surface area contributed by atoms with Crippen molar-refractivity contribution in [3.63, 3.8) is 0 Å². The molecule has 94 valence electrons. The molecule has 0 fully saturated rings. The summed E-state index contributed by atoms with van der Waals surface area (Å²) in [5, 5.41) is 8.38. The molecular formula is C14H11N3O2. The summed E-state index contributed by atoms with van der Waals surface area (Å²) in [4.78, 5) is 15.9. The van der Waals surface area contributed by atoms with Crippen molar-refractivity contribution < 1.29 is 4.74 Å². The highest BCUT2D eigenvalue weighted by Gasteiger charge is 2.07. The molecule has 0 saturated carbocycles. The minimum atomic E-state index is -0.222. The van der Waals surface area contributed by atoms with Crippen LogP contribution >= 0.6 is 0 Å². The average molecular weight is 253 g/mol. The van der Waals surface area contributed by atoms with E-state index in [1.54, 1.807) is 18.2 Å². The number of hydrogen-bond donors (Lipinski definition) is 0. The topological polar surface area (TPSA) is 67.9 Å². The van der Waals surface area contributed by atoms with Gasteiger partial charge >= 0.3 is 6.01 Å². The predicted molar refractivity (Wildman–Crippen MR) is 70.1 cm³/mol. The molecule has 0 aliphatic rings. The van der Waals surface area contributed by atoms with Crippen LogP contribution in [0.1, 0.15) is 0 Å². The van der Waals surface area contributed by atoms with Crippen molar-refractivity contribution in [2.75, 3.05) is 6.61 Å². The molecule has 0 amide bonds. The summed E-state index contributed by atoms with van der Waals surface area (Å²) in [5.74, 6) is 0. The zero-order valence-corrected chi connectivity index (χ0v) is 10.1. The van der Waals surface area contributed by atoms with E-state index in [4.69, 9.17) is 10.00 Å². The van der Waals surface area contributed by atoms with Crippen molar-refractivity contribution in [3.05, 3.63) is 65.1 Å². The summed E-state index contributed by atoms with van der Waals surface area (Å²) in [6, 6.07) is 12.5. The molecule has 0 aliphatic heterocycles. The van der Waals surface area contributed by atoms with Gasteiger partial charge in [0.05, 0.1) is 11.8 Å². The molecule has 0 atom stereocenters. The number of allylic oxidation sites excluding steroid dienone is 1. The van der Waals surface area contributed by atoms with Crippen molar-refractivity contribution in [3.8, 4) is 17.8 Å². The smallest absolute Gasteiger partial charge is 0.304 e. The number of nitrogens with zero attached hydrogens (tertiary/aromatic N) is 3. The summed E-state index contributed by atoms with van der Waals surface area (Å²) in [7, 11) is 0. The fraction of sp³-hybridized carbons (Fsp3) is 0.0714. The summed E-state index contributed by atoms with van der Waals surface area (Å²) < 4.78 is 6.76. The number of nitriles is 1. The Morgan fingerprint density at radius 2 is 2.11 bits per heavy atom. The lowest BCUT2D eigenvalue weighted by Crippen LogP contribution is -2.20. The van der Waals surface area contributed by atoms with E-state index in [0.717, 1.165) is 0 Å². The Morgan fingerprint density at radius 3 is 2.84 bits per heavy atom. The van der Waals surface area contributed by atoms with Crippen LogP contribution in [-0.4, -0.2) is 16.2 Å². The third kappa shape index (κ3) is 3.07. The molecule has 19 heavy (non-hydrogen) atoms. The van der Waals surface area contributed by atoms with Gasteiger partial charge in [-0.25, -0.2) is 9.55 Å². The zero-order valence-electron chi connectivity index (χ0n) is 10.1. The summed E-state index contributed by atoms with van der Waals surface area (Å²) >= 11 is 0. The van der Waals surface area contributed by atoms with Gasteiger partial charge < -0.3 is 4.74 Å². The van der Waals surface area contributed by atoms with Gasteiger partial charge in [0.2, 0.25) is 0 Å². The predicted octanol–water partition coefficient (Wildman–Crippen LogP) is 1.69. The molecule has 0 radical (unpaired) electrons. The molecule has 5 heteroatoms. The van der Waals surface area contributed by atoms with Crippen LogP contribution in [0.5, 0.6) is 6.01 Å². The third-order valence-corrected chi connectivity index (χ3v) is 2.33. The minimum Gasteiger partial charge on any atom is -0.460 e. The van der Waals surface area contributed by atoms with Gasteiger partial charge in [-0.1, -0.05) is 18.2 Å². The maximum Gasteiger partial charge on any atom is 0.304 e. The van der Waals surface area contributed by atoms with Gasteiger partial charge in [0.25, 0.3) is 5.56 Å². The van der Waals surface area contributed by atoms with E-state index < -0.39 is 0 Å². The summed E-state index contributed by atoms with van der Waals surface area (Å²) in [6.07, 6.45) is 4.26. The van der Waals surface area contributed by atoms with Crippen molar-refractivity contribution in [1.82, 2.24) is 9.55 Å². The standard InChI is InChI=1S/C14H11N3O2/c15-9-4-5-11-19-14-16-10-8-13(18)17(14)12-6-2-1-3-7-12/h1-8,10H,11H2. The first-order valence-corrected chi connectivity index (χ1v) is 5.64. The Balaban J connectivity index is 2.35. The fourth-order valence-electron chi connectivity index (χ4n) is 1.53. The van der Waals surface area contributed by atoms with Gasteiger partial charge in [0.1, 0.15) is 6.61 Å². The monoisotopic (exact) mass is 253 g/mol. The lowest BCUT2D eigenvalue weighted by molar-refractivity contribution is 0.321. The van der Waals surface area contributed by atoms with E-state index in [-0.39, 0.29) is 18.2 Å². The van der Waals surface area contributed by atoms with Gasteiger partial charge in [-0.05, 0) is 18.2 Å². The van der Waals surface area contributed by atoms with Crippen LogP contribution in [0.25, 0.3) is 5.69 Å². The summed E-state index contributed by atoms with van der Waals surface area (Å²) in [5.41, 5.74) is 0.459. The van der Waals surface area contributed by atoms with Crippen molar-refractivity contribution in [2.45, 2.75) is 0 Å². The lowest BCUT2D eigenvalue weighted by atomic mass is 10.3. The second kappa shape index (κ2) is 6.17. The number of para-hydroxylation sites is 1. The van der Waals surface area contributed by atoms with E-state index in [2.05, 4.69) is 4.98 Å². The van der Waals surface area contributed by atoms with Gasteiger partial charge in [-0.3, -0.25) is 4.79 Å². The van der Waals surface area contributed by atoms with E-state index in [9.17, 15) is 4.79 Å². The molecule has 0 bridgehead atoms. The largest absolute Gasteiger partial charge is 0.460 e. The van der Waals surface area contributed by atoms with E-state index in [0.29, 0.717) is 5.69 Å². The van der Waals surface area contributed by atoms with E-state index >= 15 is 0 Å². The van der Waals surface area contributed by atoms with Crippen molar-refractivity contribution in [2.24, 2.45) is 0 Å². The molecule has 2 aromatic rings. The Labute approximate surface area is 110 Å². The molecule has 0 spiro atoms. The molecular weight excluding hydrogens is 242 g/mol. The van der Waals surface area contributed by atoms with Crippen molar-refractivity contribution >= 4 is 0 Å². The average Bonchev–Trinajstić information content (AvgIpc) is 2.45. The van der Waals surface area contributed by atoms with Crippen LogP contribution in [0, 0.1) is 11.3 Å². The molecule has 0 N–H and O–H groups in total. The molecule has 0 aliphatic carbocycles. The first-order valence-electron chi connectivity index (χ1n) is 5.64. The lowest BCUT2D eigenvalue weighted by Gasteiger charge is -2.10. The Morgan fingerprint density at radius 1 is 1.32 bits per heavy atom. The van der Waals surface area contributed by atoms with Gasteiger partial charge in [0, 0.05) is 18.3 Å². The third-order valence-electron chi connectivity index (χ3n) is 2.33. The van der Waals surface area contributed by atoms with Crippen LogP contribution in [-0.2, 0) is 0 Å². The van der Waals surface area contributed by atoms with Gasteiger partial charge in [-0.15, -0.1) is 0 Å². The quantitative estimate of drug-likeness (QED) is 0.777. The number of hydrogen-bond acceptors (Lipinski definition) is 4. The Hall–Kier alpha value is -2.87. The zero-order chi connectivity index (χ0) is 13.5. The Kier molecular flexibility index (Phi) is 4.09. The SMILES string of the molecule is N#CC=CCOc1nccc(=O)n1-c1ccccc1. The van der Waals surface area contributed by atoms with Crippen LogP contribution in [0.15, 0.2) is 59.5 Å². The molecule has 0 saturated heterocycles. The summed E-state index contributed by atoms with van der Waals surface area (Å²) in [6.45, 7) is 0.177. The normalized spacial score (nSPS) is 10.3. The second-order valence-corrected chi connectivity index (χ2v) is 3.58. The Bertz CT molecular complexity index is 669. The van der Waals surface area contributed by atoms with Crippen molar-refractivity contribution in [1.29, 1.82) is 5.26 Å². The van der Waals surface area contributed by atoms with E-state index in [1.165, 1.54) is 22.9 Å². The molecule has 1 aromatic carbocycles. The maximum absolute atomic E-state index is 11.9. The molecule has 2 rings (SSSR count). The second-order valence-electron chi connectivity index (χ2n) is 3.58. The maximum atomic E-state index is 11.9. The molecule has 0 unspecified atom stereocenters. The minimum absolute atomic E-state index is 0.177. The van der Waals surface area contributed by atoms with E-state index in [1.807, 2.05) is 24.3 Å². The highest BCUT2D eigenvalue weighted by Crippen LogP contribution is 2.11. The fourth-order valence-corrected chi connectivity index (χ4v) is 1.53. The van der Waals surface area contributed by atoms with Gasteiger partial charge in [0.15, 0.2) is 0 Å². The molecule has 1 aromatic heterocycles. The first kappa shape index (κ1) is 12.6. The number of aromatic nitrogens is 2. The molecule has 1 heterocycles. The van der Waals surface area contributed by atoms with Crippen LogP contribution in [0.3, 0.4) is 0 Å². The number of benzene rings is 1. The van der Waals surface area contributed by atoms with Crippen LogP contribution < -0.4 is 10.3 Å². The highest BCUT2D eigenvalue weighted by molar-refractivity contribution is 5.33. The number of ether oxygens (including phenoxy) is 1. The van der Waals surface area contributed by atoms with Crippen LogP contribution in [0.4, 0.5) is 0 Å².